The molecule has 0 spiro atoms. The summed E-state index contributed by atoms with van der Waals surface area (Å²) in [5.74, 6) is -1.05. The predicted octanol–water partition coefficient (Wildman–Crippen LogP) is 7.87. The first-order valence-electron chi connectivity index (χ1n) is 15.9. The zero-order valence-electron chi connectivity index (χ0n) is 26.1. The van der Waals surface area contributed by atoms with Crippen molar-refractivity contribution in [1.82, 2.24) is 4.90 Å². The van der Waals surface area contributed by atoms with E-state index in [-0.39, 0.29) is 32.2 Å². The maximum absolute atomic E-state index is 13.5. The van der Waals surface area contributed by atoms with Crippen LogP contribution in [0.25, 0.3) is 0 Å². The molecule has 6 heteroatoms. The highest BCUT2D eigenvalue weighted by Gasteiger charge is 2.18. The number of carbonyl (C=O) groups excluding carboxylic acids is 3. The fourth-order valence-corrected chi connectivity index (χ4v) is 4.73. The Bertz CT molecular complexity index is 1200. The average Bonchev–Trinajstić information content (AvgIpc) is 3.05. The lowest BCUT2D eigenvalue weighted by Crippen LogP contribution is -2.37. The van der Waals surface area contributed by atoms with E-state index in [1.165, 1.54) is 16.7 Å². The van der Waals surface area contributed by atoms with Gasteiger partial charge in [0, 0.05) is 5.56 Å². The number of benzene rings is 3. The molecule has 3 rings (SSSR count). The number of esters is 2. The molecular formula is C37H47NO5. The van der Waals surface area contributed by atoms with E-state index >= 15 is 0 Å². The maximum atomic E-state index is 13.5. The predicted molar refractivity (Wildman–Crippen MR) is 172 cm³/mol. The second kappa shape index (κ2) is 18.6. The van der Waals surface area contributed by atoms with Crippen LogP contribution in [0.5, 0.6) is 0 Å². The zero-order chi connectivity index (χ0) is 30.9. The van der Waals surface area contributed by atoms with Crippen LogP contribution in [0, 0.1) is 0 Å². The highest BCUT2D eigenvalue weighted by atomic mass is 16.5. The summed E-state index contributed by atoms with van der Waals surface area (Å²) < 4.78 is 11.0. The van der Waals surface area contributed by atoms with Crippen molar-refractivity contribution in [1.29, 1.82) is 0 Å². The van der Waals surface area contributed by atoms with Crippen molar-refractivity contribution in [3.05, 3.63) is 106 Å². The van der Waals surface area contributed by atoms with E-state index in [2.05, 4.69) is 20.8 Å². The van der Waals surface area contributed by atoms with E-state index in [0.29, 0.717) is 16.7 Å². The molecule has 230 valence electrons. The van der Waals surface area contributed by atoms with Crippen LogP contribution in [0.4, 0.5) is 0 Å². The quantitative estimate of drug-likeness (QED) is 0.142. The van der Waals surface area contributed by atoms with E-state index in [1.54, 1.807) is 29.2 Å². The van der Waals surface area contributed by atoms with Crippen molar-refractivity contribution >= 4 is 17.8 Å². The summed E-state index contributed by atoms with van der Waals surface area (Å²) >= 11 is 0. The van der Waals surface area contributed by atoms with Crippen LogP contribution in [-0.4, -0.2) is 49.0 Å². The first-order chi connectivity index (χ1) is 20.9. The Labute approximate surface area is 257 Å². The maximum Gasteiger partial charge on any atom is 0.338 e. The molecule has 3 aromatic carbocycles. The SMILES string of the molecule is CCCCc1ccc(C(=O)OCCN(CCOC(=O)c2ccc(CCCC)cc2)C(=O)c2ccc(CCCC)cc2)cc1. The lowest BCUT2D eigenvalue weighted by molar-refractivity contribution is 0.0362. The number of hydrogen-bond donors (Lipinski definition) is 0. The van der Waals surface area contributed by atoms with Gasteiger partial charge in [0.25, 0.3) is 5.91 Å². The Hall–Kier alpha value is -3.93. The monoisotopic (exact) mass is 585 g/mol. The number of nitrogens with zero attached hydrogens (tertiary/aromatic N) is 1. The lowest BCUT2D eigenvalue weighted by atomic mass is 10.1. The molecule has 0 saturated heterocycles. The number of aryl methyl sites for hydroxylation is 3. The topological polar surface area (TPSA) is 72.9 Å². The summed E-state index contributed by atoms with van der Waals surface area (Å²) in [7, 11) is 0. The van der Waals surface area contributed by atoms with Crippen molar-refractivity contribution < 1.29 is 23.9 Å². The largest absolute Gasteiger partial charge is 0.460 e. The molecule has 1 amide bonds. The summed E-state index contributed by atoms with van der Waals surface area (Å²) in [5.41, 5.74) is 5.08. The van der Waals surface area contributed by atoms with Crippen LogP contribution >= 0.6 is 0 Å². The number of rotatable bonds is 18. The molecule has 0 N–H and O–H groups in total. The van der Waals surface area contributed by atoms with Gasteiger partial charge in [-0.05, 0) is 91.6 Å². The van der Waals surface area contributed by atoms with Crippen LogP contribution in [0.2, 0.25) is 0 Å². The van der Waals surface area contributed by atoms with Gasteiger partial charge in [-0.1, -0.05) is 76.4 Å². The van der Waals surface area contributed by atoms with Gasteiger partial charge in [0.15, 0.2) is 0 Å². The van der Waals surface area contributed by atoms with Crippen LogP contribution < -0.4 is 0 Å². The van der Waals surface area contributed by atoms with E-state index in [9.17, 15) is 14.4 Å². The van der Waals surface area contributed by atoms with Gasteiger partial charge in [0.1, 0.15) is 13.2 Å². The molecule has 0 bridgehead atoms. The Morgan fingerprint density at radius 1 is 0.512 bits per heavy atom. The fraction of sp³-hybridized carbons (Fsp3) is 0.432. The van der Waals surface area contributed by atoms with Crippen LogP contribution in [0.3, 0.4) is 0 Å². The molecule has 0 radical (unpaired) electrons. The van der Waals surface area contributed by atoms with Crippen molar-refractivity contribution in [2.45, 2.75) is 78.6 Å². The number of ether oxygens (including phenoxy) is 2. The number of carbonyl (C=O) groups is 3. The van der Waals surface area contributed by atoms with E-state index < -0.39 is 11.9 Å². The fourth-order valence-electron chi connectivity index (χ4n) is 4.73. The number of hydrogen-bond acceptors (Lipinski definition) is 5. The molecule has 0 fully saturated rings. The molecule has 0 saturated carbocycles. The Balaban J connectivity index is 1.59. The normalized spacial score (nSPS) is 10.8. The molecule has 43 heavy (non-hydrogen) atoms. The smallest absolute Gasteiger partial charge is 0.338 e. The highest BCUT2D eigenvalue weighted by molar-refractivity contribution is 5.94. The Kier molecular flexibility index (Phi) is 14.5. The molecule has 6 nitrogen and oxygen atoms in total. The van der Waals surface area contributed by atoms with Gasteiger partial charge in [0.2, 0.25) is 0 Å². The second-order valence-electron chi connectivity index (χ2n) is 11.0. The van der Waals surface area contributed by atoms with Gasteiger partial charge < -0.3 is 14.4 Å². The van der Waals surface area contributed by atoms with Gasteiger partial charge in [-0.25, -0.2) is 9.59 Å². The molecule has 0 aliphatic rings. The minimum atomic E-state index is -0.427. The summed E-state index contributed by atoms with van der Waals surface area (Å²) in [6, 6.07) is 22.6. The van der Waals surface area contributed by atoms with Gasteiger partial charge in [0.05, 0.1) is 24.2 Å². The molecule has 0 heterocycles. The van der Waals surface area contributed by atoms with Gasteiger partial charge >= 0.3 is 11.9 Å². The third-order valence-electron chi connectivity index (χ3n) is 7.51. The van der Waals surface area contributed by atoms with Crippen molar-refractivity contribution in [2.75, 3.05) is 26.3 Å². The van der Waals surface area contributed by atoms with Gasteiger partial charge in [-0.3, -0.25) is 4.79 Å². The van der Waals surface area contributed by atoms with Crippen LogP contribution in [0.15, 0.2) is 72.8 Å². The Morgan fingerprint density at radius 3 is 1.16 bits per heavy atom. The van der Waals surface area contributed by atoms with Crippen LogP contribution in [-0.2, 0) is 28.7 Å². The molecule has 0 aliphatic carbocycles. The second-order valence-corrected chi connectivity index (χ2v) is 11.0. The molecular weight excluding hydrogens is 538 g/mol. The van der Waals surface area contributed by atoms with Crippen molar-refractivity contribution in [2.24, 2.45) is 0 Å². The summed E-state index contributed by atoms with van der Waals surface area (Å²) in [6.45, 7) is 6.88. The minimum Gasteiger partial charge on any atom is -0.460 e. The van der Waals surface area contributed by atoms with E-state index in [0.717, 1.165) is 57.8 Å². The van der Waals surface area contributed by atoms with E-state index in [1.807, 2.05) is 48.5 Å². The minimum absolute atomic E-state index is 0.0317. The summed E-state index contributed by atoms with van der Waals surface area (Å²) in [4.78, 5) is 40.4. The Morgan fingerprint density at radius 2 is 0.837 bits per heavy atom. The molecule has 0 aliphatic heterocycles. The third kappa shape index (κ3) is 11.3. The third-order valence-corrected chi connectivity index (χ3v) is 7.51. The van der Waals surface area contributed by atoms with Crippen LogP contribution in [0.1, 0.15) is 107 Å². The number of amides is 1. The average molecular weight is 586 g/mol. The molecule has 0 unspecified atom stereocenters. The number of unbranched alkanes of at least 4 members (excludes halogenated alkanes) is 3. The molecule has 0 aromatic heterocycles. The molecule has 0 atom stereocenters. The highest BCUT2D eigenvalue weighted by Crippen LogP contribution is 2.13. The van der Waals surface area contributed by atoms with Crippen molar-refractivity contribution in [3.8, 4) is 0 Å². The molecule has 3 aromatic rings. The van der Waals surface area contributed by atoms with E-state index in [4.69, 9.17) is 9.47 Å². The van der Waals surface area contributed by atoms with Crippen molar-refractivity contribution in [3.63, 3.8) is 0 Å². The zero-order valence-corrected chi connectivity index (χ0v) is 26.1. The summed E-state index contributed by atoms with van der Waals surface area (Å²) in [5, 5.41) is 0. The summed E-state index contributed by atoms with van der Waals surface area (Å²) in [6.07, 6.45) is 9.60. The first kappa shape index (κ1) is 33.6. The lowest BCUT2D eigenvalue weighted by Gasteiger charge is -2.23. The van der Waals surface area contributed by atoms with Gasteiger partial charge in [-0.2, -0.15) is 0 Å². The first-order valence-corrected chi connectivity index (χ1v) is 15.9. The van der Waals surface area contributed by atoms with Gasteiger partial charge in [-0.15, -0.1) is 0 Å². The standard InChI is InChI=1S/C37H47NO5/c1-4-7-10-29-13-19-32(20-14-29)35(39)38(25-27-42-36(40)33-21-15-30(16-22-33)11-8-5-2)26-28-43-37(41)34-23-17-31(18-24-34)12-9-6-3/h13-24H,4-12,25-28H2,1-3H3.